The summed E-state index contributed by atoms with van der Waals surface area (Å²) in [6, 6.07) is 5.72. The van der Waals surface area contributed by atoms with E-state index >= 15 is 0 Å². The summed E-state index contributed by atoms with van der Waals surface area (Å²) < 4.78 is 0. The maximum absolute atomic E-state index is 10.3. The first-order valence-corrected chi connectivity index (χ1v) is 3.61. The van der Waals surface area contributed by atoms with Crippen LogP contribution in [0.15, 0.2) is 24.3 Å². The van der Waals surface area contributed by atoms with Crippen molar-refractivity contribution in [3.05, 3.63) is 35.4 Å². The van der Waals surface area contributed by atoms with Crippen LogP contribution in [0.1, 0.15) is 22.0 Å². The van der Waals surface area contributed by atoms with Gasteiger partial charge in [-0.1, -0.05) is 24.3 Å². The monoisotopic (exact) mass is 180 g/mol. The number of hydrogen-bond acceptors (Lipinski definition) is 3. The lowest BCUT2D eigenvalue weighted by Gasteiger charge is -2.04. The summed E-state index contributed by atoms with van der Waals surface area (Å²) in [4.78, 5) is 20.6. The molecule has 0 aromatic heterocycles. The van der Waals surface area contributed by atoms with Gasteiger partial charge in [-0.3, -0.25) is 4.79 Å². The van der Waals surface area contributed by atoms with Gasteiger partial charge in [0.1, 0.15) is 6.29 Å². The van der Waals surface area contributed by atoms with Gasteiger partial charge < -0.3 is 10.2 Å². The van der Waals surface area contributed by atoms with E-state index in [0.29, 0.717) is 11.8 Å². The normalized spacial score (nSPS) is 12.1. The number of rotatable bonds is 3. The Kier molecular flexibility index (Phi) is 2.76. The molecule has 0 saturated carbocycles. The molecule has 1 atom stereocenters. The number of aliphatic hydroxyl groups is 1. The predicted octanol–water partition coefficient (Wildman–Crippen LogP) is 0.617. The Bertz CT molecular complexity index is 315. The van der Waals surface area contributed by atoms with Crippen LogP contribution in [0, 0.1) is 0 Å². The molecule has 1 unspecified atom stereocenters. The van der Waals surface area contributed by atoms with Crippen LogP contribution in [0.2, 0.25) is 0 Å². The van der Waals surface area contributed by atoms with Crippen molar-refractivity contribution in [2.24, 2.45) is 0 Å². The van der Waals surface area contributed by atoms with Gasteiger partial charge in [-0.15, -0.1) is 0 Å². The number of carboxylic acids is 1. The quantitative estimate of drug-likeness (QED) is 0.668. The minimum absolute atomic E-state index is 0.262. The van der Waals surface area contributed by atoms with Crippen LogP contribution in [0.25, 0.3) is 0 Å². The van der Waals surface area contributed by atoms with Gasteiger partial charge in [0.25, 0.3) is 0 Å². The van der Waals surface area contributed by atoms with Crippen LogP contribution in [0.5, 0.6) is 0 Å². The molecule has 0 heterocycles. The third-order valence-corrected chi connectivity index (χ3v) is 1.62. The predicted molar refractivity (Wildman–Crippen MR) is 44.4 cm³/mol. The molecule has 0 radical (unpaired) electrons. The summed E-state index contributed by atoms with van der Waals surface area (Å²) in [5.41, 5.74) is 0.708. The molecule has 1 rings (SSSR count). The van der Waals surface area contributed by atoms with Crippen molar-refractivity contribution >= 4 is 12.3 Å². The van der Waals surface area contributed by atoms with Crippen LogP contribution in [-0.2, 0) is 4.79 Å². The van der Waals surface area contributed by atoms with Crippen molar-refractivity contribution in [3.63, 3.8) is 0 Å². The first kappa shape index (κ1) is 9.41. The molecule has 0 aliphatic carbocycles. The van der Waals surface area contributed by atoms with Crippen molar-refractivity contribution in [2.45, 2.75) is 6.10 Å². The highest BCUT2D eigenvalue weighted by molar-refractivity contribution is 5.76. The van der Waals surface area contributed by atoms with E-state index in [0.717, 1.165) is 0 Å². The fourth-order valence-electron chi connectivity index (χ4n) is 0.899. The van der Waals surface area contributed by atoms with E-state index in [1.54, 1.807) is 0 Å². The SMILES string of the molecule is O=Cc1ccc(C(O)C(=O)O)cc1. The Labute approximate surface area is 74.4 Å². The Morgan fingerprint density at radius 2 is 1.85 bits per heavy atom. The number of hydrogen-bond donors (Lipinski definition) is 2. The Morgan fingerprint density at radius 1 is 1.31 bits per heavy atom. The lowest BCUT2D eigenvalue weighted by Crippen LogP contribution is -2.10. The molecule has 0 amide bonds. The third kappa shape index (κ3) is 2.13. The van der Waals surface area contributed by atoms with Crippen LogP contribution in [-0.4, -0.2) is 22.5 Å². The molecule has 0 bridgehead atoms. The number of carbonyl (C=O) groups is 2. The summed E-state index contributed by atoms with van der Waals surface area (Å²) in [5.74, 6) is -1.31. The Hall–Kier alpha value is -1.68. The highest BCUT2D eigenvalue weighted by Crippen LogP contribution is 2.12. The fourth-order valence-corrected chi connectivity index (χ4v) is 0.899. The summed E-state index contributed by atoms with van der Waals surface area (Å²) in [5, 5.41) is 17.5. The molecule has 0 aliphatic rings. The zero-order valence-electron chi connectivity index (χ0n) is 6.68. The second-order valence-electron chi connectivity index (χ2n) is 2.53. The van der Waals surface area contributed by atoms with Gasteiger partial charge in [-0.2, -0.15) is 0 Å². The second-order valence-corrected chi connectivity index (χ2v) is 2.53. The van der Waals surface area contributed by atoms with Crippen molar-refractivity contribution < 1.29 is 19.8 Å². The highest BCUT2D eigenvalue weighted by atomic mass is 16.4. The summed E-state index contributed by atoms with van der Waals surface area (Å²) in [6.45, 7) is 0. The van der Waals surface area contributed by atoms with E-state index in [1.165, 1.54) is 24.3 Å². The van der Waals surface area contributed by atoms with Gasteiger partial charge in [0.05, 0.1) is 0 Å². The molecule has 4 heteroatoms. The van der Waals surface area contributed by atoms with Gasteiger partial charge >= 0.3 is 5.97 Å². The molecule has 68 valence electrons. The molecule has 1 aromatic rings. The average Bonchev–Trinajstić information content (AvgIpc) is 2.17. The molecule has 2 N–H and O–H groups in total. The van der Waals surface area contributed by atoms with Crippen molar-refractivity contribution in [3.8, 4) is 0 Å². The molecular weight excluding hydrogens is 172 g/mol. The molecule has 0 fully saturated rings. The third-order valence-electron chi connectivity index (χ3n) is 1.62. The zero-order valence-corrected chi connectivity index (χ0v) is 6.68. The summed E-state index contributed by atoms with van der Waals surface area (Å²) >= 11 is 0. The van der Waals surface area contributed by atoms with Crippen LogP contribution in [0.3, 0.4) is 0 Å². The topological polar surface area (TPSA) is 74.6 Å². The van der Waals surface area contributed by atoms with E-state index < -0.39 is 12.1 Å². The van der Waals surface area contributed by atoms with E-state index in [2.05, 4.69) is 0 Å². The van der Waals surface area contributed by atoms with Crippen molar-refractivity contribution in [1.29, 1.82) is 0 Å². The van der Waals surface area contributed by atoms with E-state index in [4.69, 9.17) is 10.2 Å². The van der Waals surface area contributed by atoms with Crippen LogP contribution >= 0.6 is 0 Å². The largest absolute Gasteiger partial charge is 0.479 e. The minimum atomic E-state index is -1.53. The lowest BCUT2D eigenvalue weighted by molar-refractivity contribution is -0.146. The lowest BCUT2D eigenvalue weighted by atomic mass is 10.1. The van der Waals surface area contributed by atoms with E-state index in [1.807, 2.05) is 0 Å². The molecule has 1 aromatic carbocycles. The number of carboxylic acid groups (broad SMARTS) is 1. The van der Waals surface area contributed by atoms with E-state index in [-0.39, 0.29) is 5.56 Å². The van der Waals surface area contributed by atoms with Gasteiger partial charge in [-0.05, 0) is 5.56 Å². The van der Waals surface area contributed by atoms with Crippen LogP contribution < -0.4 is 0 Å². The minimum Gasteiger partial charge on any atom is -0.479 e. The second kappa shape index (κ2) is 3.82. The number of aldehydes is 1. The number of aliphatic hydroxyl groups excluding tert-OH is 1. The van der Waals surface area contributed by atoms with Gasteiger partial charge in [0, 0.05) is 5.56 Å². The van der Waals surface area contributed by atoms with Crippen LogP contribution in [0.4, 0.5) is 0 Å². The number of carbonyl (C=O) groups excluding carboxylic acids is 1. The Balaban J connectivity index is 2.91. The highest BCUT2D eigenvalue weighted by Gasteiger charge is 2.14. The fraction of sp³-hybridized carbons (Fsp3) is 0.111. The number of benzene rings is 1. The standard InChI is InChI=1S/C9H8O4/c10-5-6-1-3-7(4-2-6)8(11)9(12)13/h1-5,8,11H,(H,12,13). The Morgan fingerprint density at radius 3 is 2.23 bits per heavy atom. The molecule has 0 aliphatic heterocycles. The first-order chi connectivity index (χ1) is 6.15. The summed E-state index contributed by atoms with van der Waals surface area (Å²) in [7, 11) is 0. The molecule has 13 heavy (non-hydrogen) atoms. The maximum Gasteiger partial charge on any atom is 0.337 e. The van der Waals surface area contributed by atoms with Gasteiger partial charge in [-0.25, -0.2) is 4.79 Å². The molecule has 0 spiro atoms. The zero-order chi connectivity index (χ0) is 9.84. The maximum atomic E-state index is 10.3. The van der Waals surface area contributed by atoms with Crippen molar-refractivity contribution in [2.75, 3.05) is 0 Å². The average molecular weight is 180 g/mol. The first-order valence-electron chi connectivity index (χ1n) is 3.61. The van der Waals surface area contributed by atoms with E-state index in [9.17, 15) is 9.59 Å². The molecule has 0 saturated heterocycles. The molecular formula is C9H8O4. The molecule has 4 nitrogen and oxygen atoms in total. The summed E-state index contributed by atoms with van der Waals surface area (Å²) in [6.07, 6.45) is -0.877. The van der Waals surface area contributed by atoms with Gasteiger partial charge in [0.2, 0.25) is 0 Å². The number of aliphatic carboxylic acids is 1. The smallest absolute Gasteiger partial charge is 0.337 e. The van der Waals surface area contributed by atoms with Gasteiger partial charge in [0.15, 0.2) is 6.10 Å². The van der Waals surface area contributed by atoms with Crippen molar-refractivity contribution in [1.82, 2.24) is 0 Å².